The first kappa shape index (κ1) is 15.0. The zero-order valence-electron chi connectivity index (χ0n) is 12.5. The normalized spacial score (nSPS) is 10.2. The molecule has 2 rings (SSSR count). The highest BCUT2D eigenvalue weighted by atomic mass is 16.1. The van der Waals surface area contributed by atoms with E-state index < -0.39 is 0 Å². The summed E-state index contributed by atoms with van der Waals surface area (Å²) in [7, 11) is 0. The molecule has 0 aliphatic heterocycles. The summed E-state index contributed by atoms with van der Waals surface area (Å²) in [5.41, 5.74) is 3.67. The second kappa shape index (κ2) is 7.43. The van der Waals surface area contributed by atoms with Gasteiger partial charge in [-0.3, -0.25) is 9.78 Å². The Kier molecular flexibility index (Phi) is 5.32. The molecule has 4 nitrogen and oxygen atoms in total. The van der Waals surface area contributed by atoms with Crippen LogP contribution in [0.1, 0.15) is 35.0 Å². The number of carbonyl (C=O) groups is 1. The Hall–Kier alpha value is -2.36. The maximum atomic E-state index is 12.1. The molecule has 1 amide bonds. The molecule has 1 aromatic heterocycles. The summed E-state index contributed by atoms with van der Waals surface area (Å²) in [4.78, 5) is 16.4. The van der Waals surface area contributed by atoms with E-state index in [-0.39, 0.29) is 5.91 Å². The van der Waals surface area contributed by atoms with Crippen LogP contribution in [-0.2, 0) is 6.54 Å². The Labute approximate surface area is 125 Å². The number of nitrogens with zero attached hydrogens (tertiary/aromatic N) is 1. The second-order valence-electron chi connectivity index (χ2n) is 4.95. The number of hydrogen-bond donors (Lipinski definition) is 2. The van der Waals surface area contributed by atoms with Crippen molar-refractivity contribution in [3.05, 3.63) is 59.4 Å². The lowest BCUT2D eigenvalue weighted by Gasteiger charge is -2.08. The third-order valence-electron chi connectivity index (χ3n) is 3.26. The van der Waals surface area contributed by atoms with Crippen molar-refractivity contribution >= 4 is 11.6 Å². The van der Waals surface area contributed by atoms with Crippen molar-refractivity contribution in [3.8, 4) is 0 Å². The second-order valence-corrected chi connectivity index (χ2v) is 4.95. The van der Waals surface area contributed by atoms with E-state index in [1.54, 1.807) is 6.20 Å². The smallest absolute Gasteiger partial charge is 0.251 e. The molecule has 110 valence electrons. The minimum atomic E-state index is -0.0814. The largest absolute Gasteiger partial charge is 0.385 e. The van der Waals surface area contributed by atoms with Gasteiger partial charge in [-0.05, 0) is 49.2 Å². The molecule has 1 heterocycles. The van der Waals surface area contributed by atoms with E-state index in [9.17, 15) is 4.79 Å². The highest BCUT2D eigenvalue weighted by Gasteiger charge is 2.06. The number of aryl methyl sites for hydroxylation is 1. The third kappa shape index (κ3) is 4.31. The maximum Gasteiger partial charge on any atom is 0.251 e. The van der Waals surface area contributed by atoms with Crippen LogP contribution in [0.25, 0.3) is 0 Å². The van der Waals surface area contributed by atoms with Crippen molar-refractivity contribution in [2.75, 3.05) is 11.9 Å². The molecule has 0 saturated heterocycles. The third-order valence-corrected chi connectivity index (χ3v) is 3.26. The van der Waals surface area contributed by atoms with Gasteiger partial charge in [-0.2, -0.15) is 0 Å². The minimum Gasteiger partial charge on any atom is -0.385 e. The number of nitrogens with one attached hydrogen (secondary N) is 2. The fourth-order valence-corrected chi connectivity index (χ4v) is 1.98. The molecule has 1 aromatic carbocycles. The Morgan fingerprint density at radius 1 is 1.19 bits per heavy atom. The number of aromatic nitrogens is 1. The standard InChI is InChI=1S/C17H21N3O/c1-3-10-18-15-8-6-14(7-9-15)17(21)20-12-16-13(2)5-4-11-19-16/h4-9,11,18H,3,10,12H2,1-2H3,(H,20,21). The zero-order valence-corrected chi connectivity index (χ0v) is 12.5. The lowest BCUT2D eigenvalue weighted by Crippen LogP contribution is -2.23. The predicted molar refractivity (Wildman–Crippen MR) is 85.4 cm³/mol. The summed E-state index contributed by atoms with van der Waals surface area (Å²) >= 11 is 0. The number of amides is 1. The van der Waals surface area contributed by atoms with Gasteiger partial charge in [-0.1, -0.05) is 13.0 Å². The van der Waals surface area contributed by atoms with Crippen LogP contribution < -0.4 is 10.6 Å². The Balaban J connectivity index is 1.93. The molecular formula is C17H21N3O. The number of pyridine rings is 1. The maximum absolute atomic E-state index is 12.1. The van der Waals surface area contributed by atoms with Gasteiger partial charge in [-0.25, -0.2) is 0 Å². The summed E-state index contributed by atoms with van der Waals surface area (Å²) < 4.78 is 0. The molecular weight excluding hydrogens is 262 g/mol. The van der Waals surface area contributed by atoms with Crippen LogP contribution in [0, 0.1) is 6.92 Å². The van der Waals surface area contributed by atoms with Gasteiger partial charge in [0.05, 0.1) is 12.2 Å². The molecule has 0 bridgehead atoms. The van der Waals surface area contributed by atoms with E-state index in [4.69, 9.17) is 0 Å². The van der Waals surface area contributed by atoms with Crippen molar-refractivity contribution < 1.29 is 4.79 Å². The van der Waals surface area contributed by atoms with Gasteiger partial charge >= 0.3 is 0 Å². The van der Waals surface area contributed by atoms with Gasteiger partial charge in [0.1, 0.15) is 0 Å². The molecule has 0 aliphatic rings. The van der Waals surface area contributed by atoms with Crippen molar-refractivity contribution in [1.82, 2.24) is 10.3 Å². The van der Waals surface area contributed by atoms with Gasteiger partial charge in [0, 0.05) is 24.0 Å². The quantitative estimate of drug-likeness (QED) is 0.856. The van der Waals surface area contributed by atoms with Crippen LogP contribution in [0.2, 0.25) is 0 Å². The number of carbonyl (C=O) groups excluding carboxylic acids is 1. The molecule has 0 aliphatic carbocycles. The number of benzene rings is 1. The van der Waals surface area contributed by atoms with Crippen molar-refractivity contribution in [2.24, 2.45) is 0 Å². The van der Waals surface area contributed by atoms with Crippen LogP contribution in [0.15, 0.2) is 42.6 Å². The van der Waals surface area contributed by atoms with Gasteiger partial charge in [0.2, 0.25) is 0 Å². The highest BCUT2D eigenvalue weighted by Crippen LogP contribution is 2.10. The van der Waals surface area contributed by atoms with Crippen molar-refractivity contribution in [3.63, 3.8) is 0 Å². The van der Waals surface area contributed by atoms with E-state index in [0.717, 1.165) is 29.9 Å². The Morgan fingerprint density at radius 2 is 1.95 bits per heavy atom. The molecule has 21 heavy (non-hydrogen) atoms. The van der Waals surface area contributed by atoms with Crippen molar-refractivity contribution in [2.45, 2.75) is 26.8 Å². The lowest BCUT2D eigenvalue weighted by atomic mass is 10.1. The average molecular weight is 283 g/mol. The van der Waals surface area contributed by atoms with Crippen LogP contribution in [0.3, 0.4) is 0 Å². The highest BCUT2D eigenvalue weighted by molar-refractivity contribution is 5.94. The molecule has 0 atom stereocenters. The molecule has 0 fully saturated rings. The summed E-state index contributed by atoms with van der Waals surface area (Å²) in [6.07, 6.45) is 2.81. The number of anilines is 1. The van der Waals surface area contributed by atoms with Gasteiger partial charge in [0.15, 0.2) is 0 Å². The zero-order chi connectivity index (χ0) is 15.1. The number of rotatable bonds is 6. The van der Waals surface area contributed by atoms with Crippen LogP contribution in [0.5, 0.6) is 0 Å². The van der Waals surface area contributed by atoms with Crippen LogP contribution in [0.4, 0.5) is 5.69 Å². The van der Waals surface area contributed by atoms with E-state index in [1.807, 2.05) is 43.3 Å². The monoisotopic (exact) mass is 283 g/mol. The molecule has 0 radical (unpaired) electrons. The van der Waals surface area contributed by atoms with Crippen molar-refractivity contribution in [1.29, 1.82) is 0 Å². The summed E-state index contributed by atoms with van der Waals surface area (Å²) in [6.45, 7) is 5.49. The first-order valence-corrected chi connectivity index (χ1v) is 7.23. The van der Waals surface area contributed by atoms with Crippen LogP contribution >= 0.6 is 0 Å². The topological polar surface area (TPSA) is 54.0 Å². The molecule has 0 saturated carbocycles. The summed E-state index contributed by atoms with van der Waals surface area (Å²) in [5.74, 6) is -0.0814. The van der Waals surface area contributed by atoms with Gasteiger partial charge in [-0.15, -0.1) is 0 Å². The lowest BCUT2D eigenvalue weighted by molar-refractivity contribution is 0.0950. The van der Waals surface area contributed by atoms with E-state index in [2.05, 4.69) is 22.5 Å². The average Bonchev–Trinajstić information content (AvgIpc) is 2.52. The van der Waals surface area contributed by atoms with E-state index in [1.165, 1.54) is 0 Å². The first-order chi connectivity index (χ1) is 10.2. The SMILES string of the molecule is CCCNc1ccc(C(=O)NCc2ncccc2C)cc1. The summed E-state index contributed by atoms with van der Waals surface area (Å²) in [5, 5.41) is 6.18. The Bertz CT molecular complexity index is 593. The number of hydrogen-bond acceptors (Lipinski definition) is 3. The Morgan fingerprint density at radius 3 is 2.62 bits per heavy atom. The molecule has 0 unspecified atom stereocenters. The van der Waals surface area contributed by atoms with E-state index in [0.29, 0.717) is 12.1 Å². The minimum absolute atomic E-state index is 0.0814. The first-order valence-electron chi connectivity index (χ1n) is 7.23. The molecule has 2 aromatic rings. The molecule has 2 N–H and O–H groups in total. The van der Waals surface area contributed by atoms with Gasteiger partial charge in [0.25, 0.3) is 5.91 Å². The van der Waals surface area contributed by atoms with Gasteiger partial charge < -0.3 is 10.6 Å². The molecule has 4 heteroatoms. The predicted octanol–water partition coefficient (Wildman–Crippen LogP) is 3.14. The molecule has 0 spiro atoms. The van der Waals surface area contributed by atoms with Crippen LogP contribution in [-0.4, -0.2) is 17.4 Å². The summed E-state index contributed by atoms with van der Waals surface area (Å²) in [6, 6.07) is 11.4. The fraction of sp³-hybridized carbons (Fsp3) is 0.294. The van der Waals surface area contributed by atoms with E-state index >= 15 is 0 Å². The fourth-order valence-electron chi connectivity index (χ4n) is 1.98.